The SMILES string of the molecule is C=CC(=O)N1CC(n2c(=O)n(-c3ccc(Oc4ccccc4)cc3)c3c(N)nccc32)C[C@@H](OC)C1. The molecular formula is C27H27N5O4. The number of likely N-dealkylation sites (tertiary alicyclic amines) is 1. The topological polar surface area (TPSA) is 105 Å². The fourth-order valence-corrected chi connectivity index (χ4v) is 4.76. The van der Waals surface area contributed by atoms with Crippen molar-refractivity contribution in [2.45, 2.75) is 18.6 Å². The van der Waals surface area contributed by atoms with Crippen molar-refractivity contribution in [3.63, 3.8) is 0 Å². The van der Waals surface area contributed by atoms with Gasteiger partial charge < -0.3 is 20.1 Å². The van der Waals surface area contributed by atoms with Crippen LogP contribution in [0.4, 0.5) is 5.82 Å². The number of carbonyl (C=O) groups excluding carboxylic acids is 1. The van der Waals surface area contributed by atoms with E-state index in [4.69, 9.17) is 15.2 Å². The first-order valence-electron chi connectivity index (χ1n) is 11.6. The number of nitrogens with zero attached hydrogens (tertiary/aromatic N) is 4. The Hall–Kier alpha value is -4.37. The molecule has 0 saturated carbocycles. The molecule has 2 atom stereocenters. The van der Waals surface area contributed by atoms with Gasteiger partial charge in [0.1, 0.15) is 22.8 Å². The second kappa shape index (κ2) is 9.71. The number of rotatable bonds is 6. The molecule has 1 fully saturated rings. The lowest BCUT2D eigenvalue weighted by Gasteiger charge is -2.37. The normalized spacial score (nSPS) is 17.8. The number of hydrogen-bond donors (Lipinski definition) is 1. The van der Waals surface area contributed by atoms with Gasteiger partial charge in [-0.05, 0) is 55.0 Å². The maximum absolute atomic E-state index is 13.9. The van der Waals surface area contributed by atoms with Crippen molar-refractivity contribution in [1.29, 1.82) is 0 Å². The molecule has 9 nitrogen and oxygen atoms in total. The third kappa shape index (κ3) is 4.25. The maximum atomic E-state index is 13.9. The molecule has 9 heteroatoms. The fraction of sp³-hybridized carbons (Fsp3) is 0.222. The first-order chi connectivity index (χ1) is 17.5. The minimum absolute atomic E-state index is 0.200. The highest BCUT2D eigenvalue weighted by Gasteiger charge is 2.33. The first-order valence-corrected chi connectivity index (χ1v) is 11.6. The Kier molecular flexibility index (Phi) is 6.30. The molecule has 184 valence electrons. The summed E-state index contributed by atoms with van der Waals surface area (Å²) in [4.78, 5) is 32.2. The molecule has 1 saturated heterocycles. The molecular weight excluding hydrogens is 458 g/mol. The lowest BCUT2D eigenvalue weighted by molar-refractivity contribution is -0.130. The van der Waals surface area contributed by atoms with Crippen LogP contribution in [0, 0.1) is 0 Å². The van der Waals surface area contributed by atoms with Gasteiger partial charge in [0, 0.05) is 26.4 Å². The molecule has 36 heavy (non-hydrogen) atoms. The second-order valence-corrected chi connectivity index (χ2v) is 8.66. The minimum Gasteiger partial charge on any atom is -0.457 e. The van der Waals surface area contributed by atoms with Gasteiger partial charge in [0.25, 0.3) is 0 Å². The van der Waals surface area contributed by atoms with Gasteiger partial charge in [-0.3, -0.25) is 13.9 Å². The molecule has 2 N–H and O–H groups in total. The number of nitrogen functional groups attached to an aromatic ring is 1. The number of methoxy groups -OCH3 is 1. The van der Waals surface area contributed by atoms with Crippen molar-refractivity contribution >= 4 is 22.8 Å². The monoisotopic (exact) mass is 485 g/mol. The molecule has 0 bridgehead atoms. The van der Waals surface area contributed by atoms with Crippen LogP contribution in [0.25, 0.3) is 16.7 Å². The van der Waals surface area contributed by atoms with Crippen molar-refractivity contribution in [3.8, 4) is 17.2 Å². The van der Waals surface area contributed by atoms with Crippen molar-refractivity contribution in [3.05, 3.63) is 90.0 Å². The molecule has 0 spiro atoms. The van der Waals surface area contributed by atoms with Gasteiger partial charge in [-0.15, -0.1) is 0 Å². The van der Waals surface area contributed by atoms with Crippen LogP contribution in [0.5, 0.6) is 11.5 Å². The van der Waals surface area contributed by atoms with E-state index in [2.05, 4.69) is 11.6 Å². The molecule has 1 aliphatic rings. The number of benzene rings is 2. The van der Waals surface area contributed by atoms with Crippen molar-refractivity contribution in [2.75, 3.05) is 25.9 Å². The van der Waals surface area contributed by atoms with E-state index in [1.165, 1.54) is 6.08 Å². The zero-order valence-electron chi connectivity index (χ0n) is 19.9. The number of aromatic nitrogens is 3. The summed E-state index contributed by atoms with van der Waals surface area (Å²) >= 11 is 0. The van der Waals surface area contributed by atoms with Crippen LogP contribution < -0.4 is 16.2 Å². The van der Waals surface area contributed by atoms with Crippen LogP contribution in [-0.4, -0.2) is 51.2 Å². The van der Waals surface area contributed by atoms with Crippen LogP contribution in [-0.2, 0) is 9.53 Å². The van der Waals surface area contributed by atoms with Gasteiger partial charge in [0.2, 0.25) is 5.91 Å². The Balaban J connectivity index is 1.58. The molecule has 1 unspecified atom stereocenters. The molecule has 0 aliphatic carbocycles. The molecule has 5 rings (SSSR count). The Morgan fingerprint density at radius 2 is 1.81 bits per heavy atom. The standard InChI is InChI=1S/C27H27N5O4/c1-3-24(33)30-16-19(15-22(17-30)35-2)31-23-13-14-29-26(28)25(23)32(27(31)34)18-9-11-21(12-10-18)36-20-7-5-4-6-8-20/h3-14,19,22H,1,15-17H2,2H3,(H2,28,29)/t19?,22-/m1/s1. The summed E-state index contributed by atoms with van der Waals surface area (Å²) in [5.74, 6) is 1.40. The van der Waals surface area contributed by atoms with Gasteiger partial charge in [-0.1, -0.05) is 24.8 Å². The summed E-state index contributed by atoms with van der Waals surface area (Å²) < 4.78 is 14.7. The zero-order valence-corrected chi connectivity index (χ0v) is 19.9. The highest BCUT2D eigenvalue weighted by molar-refractivity contribution is 5.88. The predicted octanol–water partition coefficient (Wildman–Crippen LogP) is 3.54. The van der Waals surface area contributed by atoms with E-state index in [0.717, 1.165) is 5.75 Å². The molecule has 0 radical (unpaired) electrons. The van der Waals surface area contributed by atoms with Crippen LogP contribution in [0.15, 0.2) is 84.3 Å². The summed E-state index contributed by atoms with van der Waals surface area (Å²) in [6.07, 6.45) is 3.22. The van der Waals surface area contributed by atoms with E-state index < -0.39 is 0 Å². The van der Waals surface area contributed by atoms with E-state index in [1.807, 2.05) is 42.5 Å². The van der Waals surface area contributed by atoms with Crippen LogP contribution in [0.2, 0.25) is 0 Å². The average molecular weight is 486 g/mol. The molecule has 2 aromatic heterocycles. The number of pyridine rings is 1. The lowest BCUT2D eigenvalue weighted by Crippen LogP contribution is -2.48. The van der Waals surface area contributed by atoms with Gasteiger partial charge >= 0.3 is 5.69 Å². The van der Waals surface area contributed by atoms with Crippen LogP contribution in [0.3, 0.4) is 0 Å². The van der Waals surface area contributed by atoms with Crippen molar-refractivity contribution in [2.24, 2.45) is 0 Å². The number of anilines is 1. The summed E-state index contributed by atoms with van der Waals surface area (Å²) in [7, 11) is 1.61. The molecule has 3 heterocycles. The highest BCUT2D eigenvalue weighted by Crippen LogP contribution is 2.30. The number of hydrogen-bond acceptors (Lipinski definition) is 6. The number of piperidine rings is 1. The molecule has 1 amide bonds. The largest absolute Gasteiger partial charge is 0.457 e. The van der Waals surface area contributed by atoms with E-state index in [-0.39, 0.29) is 29.6 Å². The summed E-state index contributed by atoms with van der Waals surface area (Å²) in [6, 6.07) is 18.1. The molecule has 2 aromatic carbocycles. The first kappa shape index (κ1) is 23.4. The summed E-state index contributed by atoms with van der Waals surface area (Å²) in [5.41, 5.74) is 7.79. The van der Waals surface area contributed by atoms with Gasteiger partial charge in [-0.25, -0.2) is 9.78 Å². The smallest absolute Gasteiger partial charge is 0.334 e. The Morgan fingerprint density at radius 3 is 2.50 bits per heavy atom. The quantitative estimate of drug-likeness (QED) is 0.419. The number of fused-ring (bicyclic) bond motifs is 1. The fourth-order valence-electron chi connectivity index (χ4n) is 4.76. The zero-order chi connectivity index (χ0) is 25.2. The van der Waals surface area contributed by atoms with Crippen molar-refractivity contribution in [1.82, 2.24) is 19.0 Å². The second-order valence-electron chi connectivity index (χ2n) is 8.66. The molecule has 4 aromatic rings. The Labute approximate surface area is 208 Å². The van der Waals surface area contributed by atoms with E-state index >= 15 is 0 Å². The number of carbonyl (C=O) groups is 1. The van der Waals surface area contributed by atoms with Crippen molar-refractivity contribution < 1.29 is 14.3 Å². The highest BCUT2D eigenvalue weighted by atomic mass is 16.5. The number of imidazole rings is 1. The number of nitrogens with two attached hydrogens (primary N) is 1. The summed E-state index contributed by atoms with van der Waals surface area (Å²) in [6.45, 7) is 4.40. The van der Waals surface area contributed by atoms with E-state index in [9.17, 15) is 9.59 Å². The number of ether oxygens (including phenoxy) is 2. The van der Waals surface area contributed by atoms with E-state index in [0.29, 0.717) is 42.0 Å². The third-order valence-electron chi connectivity index (χ3n) is 6.46. The minimum atomic E-state index is -0.314. The Bertz CT molecular complexity index is 1460. The number of para-hydroxylation sites is 1. The van der Waals surface area contributed by atoms with Crippen LogP contribution in [0.1, 0.15) is 12.5 Å². The van der Waals surface area contributed by atoms with Gasteiger partial charge in [0.15, 0.2) is 0 Å². The number of amides is 1. The van der Waals surface area contributed by atoms with Gasteiger partial charge in [-0.2, -0.15) is 0 Å². The Morgan fingerprint density at radius 1 is 1.08 bits per heavy atom. The molecule has 1 aliphatic heterocycles. The average Bonchev–Trinajstić information content (AvgIpc) is 3.21. The van der Waals surface area contributed by atoms with E-state index in [1.54, 1.807) is 45.5 Å². The predicted molar refractivity (Wildman–Crippen MR) is 137 cm³/mol. The summed E-state index contributed by atoms with van der Waals surface area (Å²) in [5, 5.41) is 0. The lowest BCUT2D eigenvalue weighted by atomic mass is 10.0. The third-order valence-corrected chi connectivity index (χ3v) is 6.46. The van der Waals surface area contributed by atoms with Crippen LogP contribution >= 0.6 is 0 Å². The maximum Gasteiger partial charge on any atom is 0.334 e. The van der Waals surface area contributed by atoms with Gasteiger partial charge in [0.05, 0.1) is 23.3 Å².